The zero-order valence-electron chi connectivity index (χ0n) is 8.04. The lowest BCUT2D eigenvalue weighted by atomic mass is 9.96. The second-order valence-corrected chi connectivity index (χ2v) is 3.51. The van der Waals surface area contributed by atoms with E-state index in [4.69, 9.17) is 5.11 Å². The molecule has 0 aromatic heterocycles. The molecule has 1 unspecified atom stereocenters. The predicted molar refractivity (Wildman–Crippen MR) is 48.1 cm³/mol. The molecule has 0 heterocycles. The highest BCUT2D eigenvalue weighted by molar-refractivity contribution is 5.28. The molecule has 0 radical (unpaired) electrons. The van der Waals surface area contributed by atoms with Gasteiger partial charge in [0.1, 0.15) is 5.60 Å². The molecule has 2 nitrogen and oxygen atoms in total. The maximum atomic E-state index is 12.2. The first kappa shape index (κ1) is 12.0. The predicted octanol–water partition coefficient (Wildman–Crippen LogP) is 1.91. The zero-order valence-corrected chi connectivity index (χ0v) is 8.04. The van der Waals surface area contributed by atoms with Crippen molar-refractivity contribution in [3.8, 4) is 0 Å². The Morgan fingerprint density at radius 1 is 1.07 bits per heavy atom. The van der Waals surface area contributed by atoms with Crippen molar-refractivity contribution >= 4 is 0 Å². The summed E-state index contributed by atoms with van der Waals surface area (Å²) in [5, 5.41) is 18.4. The number of aliphatic hydroxyl groups is 2. The van der Waals surface area contributed by atoms with Crippen molar-refractivity contribution in [2.75, 3.05) is 6.61 Å². The Morgan fingerprint density at radius 3 is 1.80 bits per heavy atom. The van der Waals surface area contributed by atoms with Crippen LogP contribution < -0.4 is 0 Å². The molecule has 0 aliphatic rings. The zero-order chi connectivity index (χ0) is 11.7. The number of benzene rings is 1. The second kappa shape index (κ2) is 3.83. The molecule has 1 aromatic carbocycles. The molecule has 5 heteroatoms. The molecule has 1 rings (SSSR count). The second-order valence-electron chi connectivity index (χ2n) is 3.51. The van der Waals surface area contributed by atoms with Crippen molar-refractivity contribution in [3.05, 3.63) is 35.4 Å². The van der Waals surface area contributed by atoms with Gasteiger partial charge in [-0.2, -0.15) is 13.2 Å². The van der Waals surface area contributed by atoms with Crippen molar-refractivity contribution in [1.82, 2.24) is 0 Å². The molecule has 1 aromatic rings. The topological polar surface area (TPSA) is 40.5 Å². The average Bonchev–Trinajstić information content (AvgIpc) is 2.17. The Morgan fingerprint density at radius 2 is 1.47 bits per heavy atom. The van der Waals surface area contributed by atoms with Crippen LogP contribution in [0.3, 0.4) is 0 Å². The molecule has 1 atom stereocenters. The number of hydrogen-bond acceptors (Lipinski definition) is 2. The van der Waals surface area contributed by atoms with E-state index in [0.29, 0.717) is 0 Å². The highest BCUT2D eigenvalue weighted by atomic mass is 19.4. The summed E-state index contributed by atoms with van der Waals surface area (Å²) in [5.41, 5.74) is -2.04. The van der Waals surface area contributed by atoms with Gasteiger partial charge >= 0.3 is 6.18 Å². The van der Waals surface area contributed by atoms with E-state index in [1.807, 2.05) is 0 Å². The van der Waals surface area contributed by atoms with Crippen LogP contribution in [0.1, 0.15) is 18.1 Å². The largest absolute Gasteiger partial charge is 0.416 e. The molecule has 0 aliphatic heterocycles. The molecule has 84 valence electrons. The number of halogens is 3. The minimum atomic E-state index is -4.39. The van der Waals surface area contributed by atoms with Gasteiger partial charge in [0.05, 0.1) is 12.2 Å². The van der Waals surface area contributed by atoms with Crippen molar-refractivity contribution in [2.45, 2.75) is 18.7 Å². The minimum absolute atomic E-state index is 0.248. The van der Waals surface area contributed by atoms with Gasteiger partial charge in [-0.3, -0.25) is 0 Å². The van der Waals surface area contributed by atoms with Crippen molar-refractivity contribution < 1.29 is 23.4 Å². The van der Waals surface area contributed by atoms with Gasteiger partial charge in [-0.15, -0.1) is 0 Å². The van der Waals surface area contributed by atoms with Gasteiger partial charge < -0.3 is 10.2 Å². The Bertz CT molecular complexity index is 328. The van der Waals surface area contributed by atoms with Crippen LogP contribution >= 0.6 is 0 Å². The van der Waals surface area contributed by atoms with Crippen LogP contribution in [0.4, 0.5) is 13.2 Å². The third kappa shape index (κ3) is 2.70. The first-order valence-electron chi connectivity index (χ1n) is 4.28. The lowest BCUT2D eigenvalue weighted by Gasteiger charge is -2.21. The molecule has 2 N–H and O–H groups in total. The Labute approximate surface area is 85.0 Å². The van der Waals surface area contributed by atoms with Gasteiger partial charge in [0, 0.05) is 0 Å². The molecule has 15 heavy (non-hydrogen) atoms. The Hall–Kier alpha value is -1.07. The van der Waals surface area contributed by atoms with Crippen LogP contribution in [-0.4, -0.2) is 16.8 Å². The van der Waals surface area contributed by atoms with Crippen LogP contribution in [0.15, 0.2) is 24.3 Å². The fourth-order valence-electron chi connectivity index (χ4n) is 1.11. The minimum Gasteiger partial charge on any atom is -0.393 e. The summed E-state index contributed by atoms with van der Waals surface area (Å²) in [6, 6.07) is 4.05. The molecule has 0 fully saturated rings. The summed E-state index contributed by atoms with van der Waals surface area (Å²) in [6.07, 6.45) is -4.39. The van der Waals surface area contributed by atoms with Crippen LogP contribution in [0.5, 0.6) is 0 Å². The van der Waals surface area contributed by atoms with Gasteiger partial charge in [-0.05, 0) is 24.6 Å². The standard InChI is InChI=1S/C10H11F3O2/c1-9(15,6-14)7-2-4-8(5-3-7)10(11,12)13/h2-5,14-15H,6H2,1H3. The molecule has 0 aliphatic carbocycles. The van der Waals surface area contributed by atoms with E-state index in [9.17, 15) is 18.3 Å². The maximum absolute atomic E-state index is 12.2. The fraction of sp³-hybridized carbons (Fsp3) is 0.400. The number of rotatable bonds is 2. The lowest BCUT2D eigenvalue weighted by Crippen LogP contribution is -2.25. The normalized spacial score (nSPS) is 16.1. The molecule has 0 spiro atoms. The monoisotopic (exact) mass is 220 g/mol. The number of alkyl halides is 3. The van der Waals surface area contributed by atoms with E-state index >= 15 is 0 Å². The van der Waals surface area contributed by atoms with Gasteiger partial charge in [-0.25, -0.2) is 0 Å². The summed E-state index contributed by atoms with van der Waals surface area (Å²) < 4.78 is 36.6. The van der Waals surface area contributed by atoms with E-state index in [1.54, 1.807) is 0 Å². The van der Waals surface area contributed by atoms with Crippen LogP contribution in [0, 0.1) is 0 Å². The van der Waals surface area contributed by atoms with Gasteiger partial charge in [0.15, 0.2) is 0 Å². The first-order valence-corrected chi connectivity index (χ1v) is 4.28. The number of hydrogen-bond donors (Lipinski definition) is 2. The third-order valence-electron chi connectivity index (χ3n) is 2.14. The summed E-state index contributed by atoms with van der Waals surface area (Å²) in [4.78, 5) is 0. The third-order valence-corrected chi connectivity index (χ3v) is 2.14. The Kier molecular flexibility index (Phi) is 3.06. The van der Waals surface area contributed by atoms with E-state index in [2.05, 4.69) is 0 Å². The Balaban J connectivity index is 3.01. The molecular formula is C10H11F3O2. The van der Waals surface area contributed by atoms with Gasteiger partial charge in [0.25, 0.3) is 0 Å². The van der Waals surface area contributed by atoms with E-state index < -0.39 is 23.9 Å². The quantitative estimate of drug-likeness (QED) is 0.799. The molecule has 0 amide bonds. The summed E-state index contributed by atoms with van der Waals surface area (Å²) in [7, 11) is 0. The van der Waals surface area contributed by atoms with Crippen LogP contribution in [0.25, 0.3) is 0 Å². The highest BCUT2D eigenvalue weighted by Crippen LogP contribution is 2.30. The van der Waals surface area contributed by atoms with Crippen LogP contribution in [-0.2, 0) is 11.8 Å². The maximum Gasteiger partial charge on any atom is 0.416 e. The average molecular weight is 220 g/mol. The van der Waals surface area contributed by atoms with Crippen LogP contribution in [0.2, 0.25) is 0 Å². The van der Waals surface area contributed by atoms with E-state index in [0.717, 1.165) is 24.3 Å². The fourth-order valence-corrected chi connectivity index (χ4v) is 1.11. The molecular weight excluding hydrogens is 209 g/mol. The van der Waals surface area contributed by atoms with Crippen molar-refractivity contribution in [1.29, 1.82) is 0 Å². The smallest absolute Gasteiger partial charge is 0.393 e. The highest BCUT2D eigenvalue weighted by Gasteiger charge is 2.31. The SMILES string of the molecule is CC(O)(CO)c1ccc(C(F)(F)F)cc1. The molecule has 0 saturated heterocycles. The van der Waals surface area contributed by atoms with E-state index in [-0.39, 0.29) is 5.56 Å². The van der Waals surface area contributed by atoms with Crippen molar-refractivity contribution in [2.24, 2.45) is 0 Å². The summed E-state index contributed by atoms with van der Waals surface area (Å²) in [5.74, 6) is 0. The lowest BCUT2D eigenvalue weighted by molar-refractivity contribution is -0.137. The molecule has 0 saturated carbocycles. The van der Waals surface area contributed by atoms with Crippen molar-refractivity contribution in [3.63, 3.8) is 0 Å². The summed E-state index contributed by atoms with van der Waals surface area (Å²) in [6.45, 7) is 0.786. The van der Waals surface area contributed by atoms with Gasteiger partial charge in [-0.1, -0.05) is 12.1 Å². The summed E-state index contributed by atoms with van der Waals surface area (Å²) >= 11 is 0. The number of aliphatic hydroxyl groups excluding tert-OH is 1. The van der Waals surface area contributed by atoms with E-state index in [1.165, 1.54) is 6.92 Å². The van der Waals surface area contributed by atoms with Gasteiger partial charge in [0.2, 0.25) is 0 Å². The first-order chi connectivity index (χ1) is 6.77. The molecule has 0 bridgehead atoms.